The molecule has 1 heterocycles. The molecule has 108 valence electrons. The van der Waals surface area contributed by atoms with E-state index in [1.54, 1.807) is 0 Å². The van der Waals surface area contributed by atoms with Crippen LogP contribution in [0.2, 0.25) is 5.02 Å². The number of benzene rings is 1. The van der Waals surface area contributed by atoms with Crippen LogP contribution in [0.25, 0.3) is 11.0 Å². The van der Waals surface area contributed by atoms with Gasteiger partial charge in [0.15, 0.2) is 0 Å². The summed E-state index contributed by atoms with van der Waals surface area (Å²) in [7, 11) is 0. The predicted molar refractivity (Wildman–Crippen MR) is 82.7 cm³/mol. The Balaban J connectivity index is 1.99. The molecule has 1 atom stereocenters. The molecule has 3 rings (SSSR count). The average Bonchev–Trinajstić information content (AvgIpc) is 2.72. The SMILES string of the molecule is CCOC1CC(n2c(C(C)Cl)nc3ccc(Cl)cc32)C1. The van der Waals surface area contributed by atoms with Crippen molar-refractivity contribution in [2.45, 2.75) is 44.2 Å². The van der Waals surface area contributed by atoms with E-state index in [1.807, 2.05) is 32.0 Å². The molecular formula is C15H18Cl2N2O. The molecule has 1 fully saturated rings. The lowest BCUT2D eigenvalue weighted by molar-refractivity contribution is -0.0193. The highest BCUT2D eigenvalue weighted by Gasteiger charge is 2.34. The molecule has 1 aliphatic rings. The summed E-state index contributed by atoms with van der Waals surface area (Å²) in [6.45, 7) is 4.76. The average molecular weight is 313 g/mol. The van der Waals surface area contributed by atoms with E-state index in [0.29, 0.717) is 12.1 Å². The van der Waals surface area contributed by atoms with Gasteiger partial charge in [0, 0.05) is 17.7 Å². The Kier molecular flexibility index (Phi) is 3.93. The molecule has 0 radical (unpaired) electrons. The smallest absolute Gasteiger partial charge is 0.127 e. The molecule has 1 aromatic carbocycles. The third kappa shape index (κ3) is 2.43. The number of halogens is 2. The number of hydrogen-bond donors (Lipinski definition) is 0. The molecule has 1 aliphatic carbocycles. The van der Waals surface area contributed by atoms with Crippen molar-refractivity contribution in [2.75, 3.05) is 6.61 Å². The van der Waals surface area contributed by atoms with Gasteiger partial charge in [0.05, 0.1) is 22.5 Å². The monoisotopic (exact) mass is 312 g/mol. The molecule has 1 aromatic heterocycles. The van der Waals surface area contributed by atoms with Crippen LogP contribution >= 0.6 is 23.2 Å². The first-order chi connectivity index (χ1) is 9.60. The second-order valence-corrected chi connectivity index (χ2v) is 6.38. The number of imidazole rings is 1. The molecule has 1 saturated carbocycles. The number of rotatable bonds is 4. The summed E-state index contributed by atoms with van der Waals surface area (Å²) in [5.74, 6) is 0.920. The van der Waals surface area contributed by atoms with E-state index >= 15 is 0 Å². The molecule has 0 spiro atoms. The minimum absolute atomic E-state index is 0.118. The lowest BCUT2D eigenvalue weighted by Gasteiger charge is -2.37. The zero-order chi connectivity index (χ0) is 14.3. The first-order valence-corrected chi connectivity index (χ1v) is 7.84. The van der Waals surface area contributed by atoms with Crippen molar-refractivity contribution in [1.29, 1.82) is 0 Å². The van der Waals surface area contributed by atoms with E-state index in [0.717, 1.165) is 41.3 Å². The standard InChI is InChI=1S/C15H18Cl2N2O/c1-3-20-12-7-11(8-12)19-14-6-10(17)4-5-13(14)18-15(19)9(2)16/h4-6,9,11-12H,3,7-8H2,1-2H3. The van der Waals surface area contributed by atoms with Gasteiger partial charge in [-0.2, -0.15) is 0 Å². The van der Waals surface area contributed by atoms with Crippen LogP contribution in [0, 0.1) is 0 Å². The molecule has 20 heavy (non-hydrogen) atoms. The van der Waals surface area contributed by atoms with Crippen molar-refractivity contribution in [3.05, 3.63) is 29.0 Å². The van der Waals surface area contributed by atoms with Crippen LogP contribution in [-0.4, -0.2) is 22.3 Å². The minimum atomic E-state index is -0.118. The van der Waals surface area contributed by atoms with Crippen molar-refractivity contribution in [1.82, 2.24) is 9.55 Å². The van der Waals surface area contributed by atoms with Gasteiger partial charge in [-0.15, -0.1) is 11.6 Å². The fourth-order valence-corrected chi connectivity index (χ4v) is 3.19. The first kappa shape index (κ1) is 14.2. The number of ether oxygens (including phenoxy) is 1. The molecule has 0 aliphatic heterocycles. The fourth-order valence-electron chi connectivity index (χ4n) is 2.87. The van der Waals surface area contributed by atoms with E-state index in [2.05, 4.69) is 9.55 Å². The maximum atomic E-state index is 6.29. The fraction of sp³-hybridized carbons (Fsp3) is 0.533. The highest BCUT2D eigenvalue weighted by molar-refractivity contribution is 6.31. The summed E-state index contributed by atoms with van der Waals surface area (Å²) < 4.78 is 7.89. The molecular weight excluding hydrogens is 295 g/mol. The van der Waals surface area contributed by atoms with Crippen LogP contribution < -0.4 is 0 Å². The Morgan fingerprint density at radius 2 is 2.20 bits per heavy atom. The van der Waals surface area contributed by atoms with Crippen molar-refractivity contribution in [3.8, 4) is 0 Å². The molecule has 0 amide bonds. The first-order valence-electron chi connectivity index (χ1n) is 7.03. The summed E-state index contributed by atoms with van der Waals surface area (Å²) in [5.41, 5.74) is 2.02. The van der Waals surface area contributed by atoms with E-state index < -0.39 is 0 Å². The van der Waals surface area contributed by atoms with E-state index in [1.165, 1.54) is 0 Å². The van der Waals surface area contributed by atoms with Crippen LogP contribution in [0.4, 0.5) is 0 Å². The molecule has 0 bridgehead atoms. The predicted octanol–water partition coefficient (Wildman–Crippen LogP) is 4.73. The van der Waals surface area contributed by atoms with Crippen LogP contribution in [0.3, 0.4) is 0 Å². The highest BCUT2D eigenvalue weighted by atomic mass is 35.5. The summed E-state index contributed by atoms with van der Waals surface area (Å²) >= 11 is 12.4. The number of alkyl halides is 1. The number of aromatic nitrogens is 2. The zero-order valence-electron chi connectivity index (χ0n) is 11.6. The van der Waals surface area contributed by atoms with Crippen LogP contribution in [0.15, 0.2) is 18.2 Å². The summed E-state index contributed by atoms with van der Waals surface area (Å²) in [5, 5.41) is 0.612. The molecule has 1 unspecified atom stereocenters. The topological polar surface area (TPSA) is 27.1 Å². The summed E-state index contributed by atoms with van der Waals surface area (Å²) in [6.07, 6.45) is 2.39. The Morgan fingerprint density at radius 3 is 2.85 bits per heavy atom. The van der Waals surface area contributed by atoms with E-state index in [-0.39, 0.29) is 5.38 Å². The molecule has 5 heteroatoms. The molecule has 3 nitrogen and oxygen atoms in total. The molecule has 0 N–H and O–H groups in total. The minimum Gasteiger partial charge on any atom is -0.378 e. The summed E-state index contributed by atoms with van der Waals surface area (Å²) in [4.78, 5) is 4.66. The third-order valence-electron chi connectivity index (χ3n) is 3.87. The van der Waals surface area contributed by atoms with Crippen molar-refractivity contribution >= 4 is 34.2 Å². The second-order valence-electron chi connectivity index (χ2n) is 5.29. The van der Waals surface area contributed by atoms with Crippen LogP contribution in [0.5, 0.6) is 0 Å². The Hall–Kier alpha value is -0.770. The Bertz CT molecular complexity index is 618. The second kappa shape index (κ2) is 5.55. The van der Waals surface area contributed by atoms with Gasteiger partial charge in [0.25, 0.3) is 0 Å². The highest BCUT2D eigenvalue weighted by Crippen LogP contribution is 2.40. The number of hydrogen-bond acceptors (Lipinski definition) is 2. The van der Waals surface area contributed by atoms with Crippen LogP contribution in [0.1, 0.15) is 43.9 Å². The van der Waals surface area contributed by atoms with Gasteiger partial charge < -0.3 is 9.30 Å². The maximum absolute atomic E-state index is 6.29. The van der Waals surface area contributed by atoms with E-state index in [9.17, 15) is 0 Å². The Labute approximate surface area is 128 Å². The molecule has 2 aromatic rings. The quantitative estimate of drug-likeness (QED) is 0.763. The van der Waals surface area contributed by atoms with Gasteiger partial charge in [-0.3, -0.25) is 0 Å². The van der Waals surface area contributed by atoms with Crippen molar-refractivity contribution in [2.24, 2.45) is 0 Å². The van der Waals surface area contributed by atoms with Crippen molar-refractivity contribution < 1.29 is 4.74 Å². The zero-order valence-corrected chi connectivity index (χ0v) is 13.2. The van der Waals surface area contributed by atoms with Gasteiger partial charge >= 0.3 is 0 Å². The summed E-state index contributed by atoms with van der Waals surface area (Å²) in [6, 6.07) is 6.20. The number of fused-ring (bicyclic) bond motifs is 1. The van der Waals surface area contributed by atoms with Gasteiger partial charge in [-0.1, -0.05) is 11.6 Å². The van der Waals surface area contributed by atoms with Gasteiger partial charge in [-0.05, 0) is 44.9 Å². The third-order valence-corrected chi connectivity index (χ3v) is 4.30. The maximum Gasteiger partial charge on any atom is 0.127 e. The van der Waals surface area contributed by atoms with E-state index in [4.69, 9.17) is 27.9 Å². The van der Waals surface area contributed by atoms with Crippen molar-refractivity contribution in [3.63, 3.8) is 0 Å². The normalized spacial score (nSPS) is 23.8. The molecule has 0 saturated heterocycles. The van der Waals surface area contributed by atoms with Gasteiger partial charge in [0.2, 0.25) is 0 Å². The van der Waals surface area contributed by atoms with Gasteiger partial charge in [-0.25, -0.2) is 4.98 Å². The van der Waals surface area contributed by atoms with Gasteiger partial charge in [0.1, 0.15) is 5.82 Å². The lowest BCUT2D eigenvalue weighted by atomic mass is 9.88. The number of nitrogens with zero attached hydrogens (tertiary/aromatic N) is 2. The van der Waals surface area contributed by atoms with Crippen LogP contribution in [-0.2, 0) is 4.74 Å². The largest absolute Gasteiger partial charge is 0.378 e. The Morgan fingerprint density at radius 1 is 1.45 bits per heavy atom. The lowest BCUT2D eigenvalue weighted by Crippen LogP contribution is -2.34.